The van der Waals surface area contributed by atoms with Crippen LogP contribution in [-0.2, 0) is 14.9 Å². The van der Waals surface area contributed by atoms with Gasteiger partial charge < -0.3 is 14.2 Å². The van der Waals surface area contributed by atoms with E-state index in [1.807, 2.05) is 18.2 Å². The Balaban J connectivity index is 1.82. The van der Waals surface area contributed by atoms with E-state index in [1.54, 1.807) is 31.4 Å². The quantitative estimate of drug-likeness (QED) is 0.269. The summed E-state index contributed by atoms with van der Waals surface area (Å²) < 4.78 is 16.8. The molecule has 0 heterocycles. The highest BCUT2D eigenvalue weighted by Gasteiger charge is 2.16. The second-order valence-electron chi connectivity index (χ2n) is 7.98. The van der Waals surface area contributed by atoms with Crippen molar-refractivity contribution in [2.24, 2.45) is 0 Å². The first-order valence-corrected chi connectivity index (χ1v) is 11.4. The highest BCUT2D eigenvalue weighted by atomic mass is 79.9. The Morgan fingerprint density at radius 2 is 1.73 bits per heavy atom. The lowest BCUT2D eigenvalue weighted by molar-refractivity contribution is -0.123. The van der Waals surface area contributed by atoms with Crippen LogP contribution in [0, 0.1) is 0 Å². The first-order chi connectivity index (χ1) is 15.6. The molecule has 0 aliphatic heterocycles. The molecule has 0 atom stereocenters. The van der Waals surface area contributed by atoms with Gasteiger partial charge in [-0.1, -0.05) is 39.0 Å². The zero-order valence-corrected chi connectivity index (χ0v) is 21.4. The van der Waals surface area contributed by atoms with Crippen molar-refractivity contribution in [1.82, 2.24) is 16.2 Å². The number of para-hydroxylation sites is 1. The smallest absolute Gasteiger partial charge is 0.276 e. The number of benzene rings is 2. The van der Waals surface area contributed by atoms with Crippen LogP contribution in [0.4, 0.5) is 0 Å². The number of methoxy groups -OCH3 is 1. The average Bonchev–Trinajstić information content (AvgIpc) is 2.76. The van der Waals surface area contributed by atoms with Gasteiger partial charge in [0.1, 0.15) is 18.1 Å². The Morgan fingerprint density at radius 1 is 1.00 bits per heavy atom. The molecule has 0 bridgehead atoms. The zero-order chi connectivity index (χ0) is 24.4. The van der Waals surface area contributed by atoms with Crippen LogP contribution in [0.3, 0.4) is 0 Å². The van der Waals surface area contributed by atoms with Crippen molar-refractivity contribution < 1.29 is 23.8 Å². The van der Waals surface area contributed by atoms with E-state index < -0.39 is 11.8 Å². The van der Waals surface area contributed by atoms with E-state index in [9.17, 15) is 9.59 Å². The topological polar surface area (TPSA) is 97.9 Å². The number of thiocarbonyl (C=S) groups is 1. The summed E-state index contributed by atoms with van der Waals surface area (Å²) in [7, 11) is 1.56. The molecule has 178 valence electrons. The number of hydrogen-bond acceptors (Lipinski definition) is 6. The van der Waals surface area contributed by atoms with Crippen LogP contribution in [0.15, 0.2) is 46.9 Å². The molecule has 2 amide bonds. The first-order valence-electron chi connectivity index (χ1n) is 10.2. The zero-order valence-electron chi connectivity index (χ0n) is 19.0. The van der Waals surface area contributed by atoms with Crippen LogP contribution in [0.1, 0.15) is 36.7 Å². The van der Waals surface area contributed by atoms with E-state index in [1.165, 1.54) is 0 Å². The van der Waals surface area contributed by atoms with Gasteiger partial charge in [-0.2, -0.15) is 0 Å². The van der Waals surface area contributed by atoms with Crippen molar-refractivity contribution in [2.75, 3.05) is 26.9 Å². The number of nitrogens with one attached hydrogen (secondary N) is 3. The molecule has 2 rings (SSSR count). The van der Waals surface area contributed by atoms with Gasteiger partial charge in [-0.3, -0.25) is 25.8 Å². The Hall–Kier alpha value is -2.69. The molecule has 8 nitrogen and oxygen atoms in total. The fourth-order valence-electron chi connectivity index (χ4n) is 2.61. The van der Waals surface area contributed by atoms with Crippen molar-refractivity contribution in [3.8, 4) is 11.5 Å². The summed E-state index contributed by atoms with van der Waals surface area (Å²) in [5.74, 6) is -0.00923. The third kappa shape index (κ3) is 8.64. The molecule has 0 aromatic heterocycles. The third-order valence-corrected chi connectivity index (χ3v) is 5.20. The van der Waals surface area contributed by atoms with Crippen LogP contribution in [0.2, 0.25) is 0 Å². The molecule has 3 N–H and O–H groups in total. The largest absolute Gasteiger partial charge is 0.490 e. The molecule has 0 saturated heterocycles. The standard InChI is InChI=1S/C23H28BrN3O5S/c1-23(2,3)15-9-10-19(17(24)13-15)32-14-20(28)26-27-22(33)25-21(29)16-7-5-6-8-18(16)31-12-11-30-4/h5-10,13H,11-12,14H2,1-4H3,(H,26,28)(H2,25,27,29,33). The maximum Gasteiger partial charge on any atom is 0.276 e. The van der Waals surface area contributed by atoms with Gasteiger partial charge in [0.2, 0.25) is 0 Å². The minimum Gasteiger partial charge on any atom is -0.490 e. The van der Waals surface area contributed by atoms with Crippen LogP contribution in [0.5, 0.6) is 11.5 Å². The highest BCUT2D eigenvalue weighted by Crippen LogP contribution is 2.31. The summed E-state index contributed by atoms with van der Waals surface area (Å²) in [5, 5.41) is 2.42. The lowest BCUT2D eigenvalue weighted by Crippen LogP contribution is -2.49. The SMILES string of the molecule is COCCOc1ccccc1C(=O)NC(=S)NNC(=O)COc1ccc(C(C)(C)C)cc1Br. The minimum absolute atomic E-state index is 0.000957. The number of rotatable bonds is 8. The van der Waals surface area contributed by atoms with Crippen molar-refractivity contribution >= 4 is 45.1 Å². The van der Waals surface area contributed by atoms with Gasteiger partial charge in [-0.15, -0.1) is 0 Å². The number of hydrogen-bond donors (Lipinski definition) is 3. The summed E-state index contributed by atoms with van der Waals surface area (Å²) in [5.41, 5.74) is 6.31. The monoisotopic (exact) mass is 537 g/mol. The van der Waals surface area contributed by atoms with E-state index in [0.717, 1.165) is 10.0 Å². The maximum atomic E-state index is 12.5. The Bertz CT molecular complexity index is 994. The van der Waals surface area contributed by atoms with Gasteiger partial charge in [0.25, 0.3) is 11.8 Å². The van der Waals surface area contributed by atoms with Crippen molar-refractivity contribution in [1.29, 1.82) is 0 Å². The van der Waals surface area contributed by atoms with Crippen molar-refractivity contribution in [2.45, 2.75) is 26.2 Å². The summed E-state index contributed by atoms with van der Waals surface area (Å²) >= 11 is 8.55. The van der Waals surface area contributed by atoms with E-state index in [4.69, 9.17) is 26.4 Å². The number of carbonyl (C=O) groups is 2. The molecule has 0 aliphatic rings. The van der Waals surface area contributed by atoms with Gasteiger partial charge >= 0.3 is 0 Å². The Kier molecular flexibility index (Phi) is 10.1. The van der Waals surface area contributed by atoms with Crippen LogP contribution < -0.4 is 25.6 Å². The summed E-state index contributed by atoms with van der Waals surface area (Å²) in [6.07, 6.45) is 0. The Labute approximate surface area is 207 Å². The molecule has 0 radical (unpaired) electrons. The summed E-state index contributed by atoms with van der Waals surface area (Å²) in [6.45, 7) is 6.79. The lowest BCUT2D eigenvalue weighted by atomic mass is 9.87. The van der Waals surface area contributed by atoms with E-state index in [2.05, 4.69) is 52.9 Å². The summed E-state index contributed by atoms with van der Waals surface area (Å²) in [6, 6.07) is 12.5. The first kappa shape index (κ1) is 26.6. The normalized spacial score (nSPS) is 10.8. The molecule has 0 aliphatic carbocycles. The number of amides is 2. The second-order valence-corrected chi connectivity index (χ2v) is 9.24. The van der Waals surface area contributed by atoms with Crippen molar-refractivity contribution in [3.63, 3.8) is 0 Å². The van der Waals surface area contributed by atoms with Gasteiger partial charge in [0.15, 0.2) is 11.7 Å². The molecule has 0 fully saturated rings. The van der Waals surface area contributed by atoms with Gasteiger partial charge in [-0.25, -0.2) is 0 Å². The molecular formula is C23H28BrN3O5S. The predicted molar refractivity (Wildman–Crippen MR) is 133 cm³/mol. The third-order valence-electron chi connectivity index (χ3n) is 4.38. The molecular weight excluding hydrogens is 510 g/mol. The molecule has 2 aromatic carbocycles. The van der Waals surface area contributed by atoms with Crippen LogP contribution >= 0.6 is 28.1 Å². The number of halogens is 1. The minimum atomic E-state index is -0.478. The molecule has 10 heteroatoms. The van der Waals surface area contributed by atoms with E-state index in [0.29, 0.717) is 30.3 Å². The average molecular weight is 538 g/mol. The van der Waals surface area contributed by atoms with Crippen LogP contribution in [0.25, 0.3) is 0 Å². The number of carbonyl (C=O) groups excluding carboxylic acids is 2. The molecule has 0 spiro atoms. The van der Waals surface area contributed by atoms with Gasteiger partial charge in [0, 0.05) is 7.11 Å². The summed E-state index contributed by atoms with van der Waals surface area (Å²) in [4.78, 5) is 24.6. The second kappa shape index (κ2) is 12.5. The van der Waals surface area contributed by atoms with Gasteiger partial charge in [-0.05, 0) is 63.4 Å². The molecule has 2 aromatic rings. The maximum absolute atomic E-state index is 12.5. The molecule has 0 unspecified atom stereocenters. The van der Waals surface area contributed by atoms with Crippen LogP contribution in [-0.4, -0.2) is 43.9 Å². The van der Waals surface area contributed by atoms with E-state index >= 15 is 0 Å². The van der Waals surface area contributed by atoms with E-state index in [-0.39, 0.29) is 17.1 Å². The van der Waals surface area contributed by atoms with Gasteiger partial charge in [0.05, 0.1) is 16.6 Å². The fraction of sp³-hybridized carbons (Fsp3) is 0.348. The number of ether oxygens (including phenoxy) is 3. The predicted octanol–water partition coefficient (Wildman–Crippen LogP) is 3.49. The number of hydrazine groups is 1. The Morgan fingerprint density at radius 3 is 2.39 bits per heavy atom. The van der Waals surface area contributed by atoms with Crippen molar-refractivity contribution in [3.05, 3.63) is 58.1 Å². The lowest BCUT2D eigenvalue weighted by Gasteiger charge is -2.20. The fourth-order valence-corrected chi connectivity index (χ4v) is 3.24. The molecule has 33 heavy (non-hydrogen) atoms. The molecule has 0 saturated carbocycles. The highest BCUT2D eigenvalue weighted by molar-refractivity contribution is 9.10.